The van der Waals surface area contributed by atoms with E-state index in [1.165, 1.54) is 26.1 Å². The average molecular weight is 334 g/mol. The molecule has 1 fully saturated rings. The molecule has 3 aliphatic heterocycles. The molecule has 2 bridgehead atoms. The van der Waals surface area contributed by atoms with E-state index in [2.05, 4.69) is 49.5 Å². The zero-order valence-corrected chi connectivity index (χ0v) is 14.4. The Kier molecular flexibility index (Phi) is 5.29. The van der Waals surface area contributed by atoms with E-state index in [9.17, 15) is 17.3 Å². The largest absolute Gasteiger partial charge is 0.673 e. The number of rotatable bonds is 2. The van der Waals surface area contributed by atoms with E-state index >= 15 is 0 Å². The van der Waals surface area contributed by atoms with Crippen LogP contribution in [0.1, 0.15) is 34.1 Å². The van der Waals surface area contributed by atoms with Gasteiger partial charge in [-0.15, -0.1) is 0 Å². The molecule has 0 unspecified atom stereocenters. The molecule has 1 saturated heterocycles. The Hall–Kier alpha value is -0.845. The molecule has 0 spiro atoms. The fourth-order valence-corrected chi connectivity index (χ4v) is 4.93. The maximum absolute atomic E-state index is 9.75. The van der Waals surface area contributed by atoms with Crippen LogP contribution in [0.3, 0.4) is 0 Å². The van der Waals surface area contributed by atoms with Crippen LogP contribution in [0.4, 0.5) is 17.3 Å². The van der Waals surface area contributed by atoms with Crippen LogP contribution in [-0.4, -0.2) is 55.2 Å². The van der Waals surface area contributed by atoms with Crippen LogP contribution in [-0.2, 0) is 0 Å². The second-order valence-electron chi connectivity index (χ2n) is 7.13. The van der Waals surface area contributed by atoms with Crippen molar-refractivity contribution in [3.63, 3.8) is 0 Å². The first kappa shape index (κ1) is 18.5. The van der Waals surface area contributed by atoms with Crippen molar-refractivity contribution in [3.05, 3.63) is 11.6 Å². The summed E-state index contributed by atoms with van der Waals surface area (Å²) in [4.78, 5) is 2.65. The molecule has 4 atom stereocenters. The summed E-state index contributed by atoms with van der Waals surface area (Å²) in [5.74, 6) is 1.57. The zero-order valence-electron chi connectivity index (χ0n) is 14.4. The minimum Gasteiger partial charge on any atom is -0.418 e. The summed E-state index contributed by atoms with van der Waals surface area (Å²) < 4.78 is 41.6. The van der Waals surface area contributed by atoms with Crippen LogP contribution < -0.4 is 0 Å². The SMILES string of the molecule is CCN1CC[C@H]2[C@H]3C=C(C)[C@H]([N+](CC)=C3)[C@@]2(C)C1.F[B-](F)(F)F. The molecule has 0 aromatic rings. The standard InChI is InChI=1S/C16H27N2.BF4/c1-5-17-8-7-14-13-9-12(3)15(16(14,4)11-17)18(6-2)10-13;2-1(3,4)5/h9-10,13-15H,5-8,11H2,1-4H3;/q+1;-1/t13-,14-,15-,16-;/m0./s1. The van der Waals surface area contributed by atoms with Crippen LogP contribution in [0.5, 0.6) is 0 Å². The molecular weight excluding hydrogens is 307 g/mol. The summed E-state index contributed by atoms with van der Waals surface area (Å²) in [6.45, 7) is 14.4. The third-order valence-electron chi connectivity index (χ3n) is 5.65. The van der Waals surface area contributed by atoms with Crippen molar-refractivity contribution in [1.29, 1.82) is 0 Å². The molecule has 0 saturated carbocycles. The fraction of sp³-hybridized carbons (Fsp3) is 0.812. The zero-order chi connectivity index (χ0) is 17.4. The van der Waals surface area contributed by atoms with Gasteiger partial charge >= 0.3 is 7.25 Å². The number of halogens is 4. The molecule has 0 aromatic heterocycles. The van der Waals surface area contributed by atoms with Crippen molar-refractivity contribution in [2.75, 3.05) is 26.2 Å². The highest BCUT2D eigenvalue weighted by molar-refractivity contribution is 6.50. The molecule has 4 aliphatic rings. The first-order chi connectivity index (χ1) is 10.6. The lowest BCUT2D eigenvalue weighted by Crippen LogP contribution is -2.63. The fourth-order valence-electron chi connectivity index (χ4n) is 4.93. The maximum atomic E-state index is 9.75. The summed E-state index contributed by atoms with van der Waals surface area (Å²) >= 11 is 0. The van der Waals surface area contributed by atoms with Gasteiger partial charge in [-0.3, -0.25) is 0 Å². The van der Waals surface area contributed by atoms with Crippen LogP contribution >= 0.6 is 0 Å². The molecule has 132 valence electrons. The molecule has 23 heavy (non-hydrogen) atoms. The number of nitrogens with zero attached hydrogens (tertiary/aromatic N) is 2. The van der Waals surface area contributed by atoms with Crippen LogP contribution in [0.15, 0.2) is 11.6 Å². The minimum atomic E-state index is -6.00. The van der Waals surface area contributed by atoms with Crippen molar-refractivity contribution < 1.29 is 21.8 Å². The van der Waals surface area contributed by atoms with E-state index in [4.69, 9.17) is 0 Å². The number of likely N-dealkylation sites (N-methyl/N-ethyl adjacent to an activating group) is 1. The lowest BCUT2D eigenvalue weighted by Gasteiger charge is -2.54. The van der Waals surface area contributed by atoms with Crippen LogP contribution in [0, 0.1) is 17.3 Å². The smallest absolute Gasteiger partial charge is 0.418 e. The summed E-state index contributed by atoms with van der Waals surface area (Å²) in [6.07, 6.45) is 6.44. The van der Waals surface area contributed by atoms with E-state index in [1.54, 1.807) is 5.57 Å². The second kappa shape index (κ2) is 6.57. The predicted molar refractivity (Wildman–Crippen MR) is 86.4 cm³/mol. The van der Waals surface area contributed by atoms with Gasteiger partial charge in [-0.2, -0.15) is 0 Å². The third-order valence-corrected chi connectivity index (χ3v) is 5.65. The topological polar surface area (TPSA) is 6.25 Å². The highest BCUT2D eigenvalue weighted by Gasteiger charge is 2.58. The third kappa shape index (κ3) is 3.81. The van der Waals surface area contributed by atoms with Gasteiger partial charge in [0.2, 0.25) is 0 Å². The van der Waals surface area contributed by atoms with E-state index in [0.717, 1.165) is 12.5 Å². The molecule has 0 aromatic carbocycles. The highest BCUT2D eigenvalue weighted by atomic mass is 19.5. The van der Waals surface area contributed by atoms with Crippen LogP contribution in [0.2, 0.25) is 0 Å². The molecule has 1 aliphatic carbocycles. The molecule has 4 rings (SSSR count). The Bertz CT molecular complexity index is 497. The van der Waals surface area contributed by atoms with Crippen molar-refractivity contribution in [3.8, 4) is 0 Å². The number of hydrogen-bond acceptors (Lipinski definition) is 1. The van der Waals surface area contributed by atoms with Gasteiger partial charge in [0.15, 0.2) is 6.04 Å². The monoisotopic (exact) mass is 334 g/mol. The normalized spacial score (nSPS) is 36.6. The van der Waals surface area contributed by atoms with Gasteiger partial charge in [0.1, 0.15) is 12.8 Å². The van der Waals surface area contributed by atoms with E-state index in [1.807, 2.05) is 0 Å². The van der Waals surface area contributed by atoms with E-state index in [-0.39, 0.29) is 0 Å². The first-order valence-corrected chi connectivity index (χ1v) is 8.48. The van der Waals surface area contributed by atoms with Gasteiger partial charge in [-0.25, -0.2) is 4.58 Å². The van der Waals surface area contributed by atoms with Gasteiger partial charge < -0.3 is 22.2 Å². The van der Waals surface area contributed by atoms with Crippen molar-refractivity contribution in [2.24, 2.45) is 17.3 Å². The van der Waals surface area contributed by atoms with Gasteiger partial charge in [-0.1, -0.05) is 19.9 Å². The molecule has 0 radical (unpaired) electrons. The Morgan fingerprint density at radius 1 is 1.30 bits per heavy atom. The molecule has 0 N–H and O–H groups in total. The average Bonchev–Trinajstić information content (AvgIpc) is 2.43. The van der Waals surface area contributed by atoms with E-state index in [0.29, 0.717) is 17.4 Å². The number of allylic oxidation sites excluding steroid dienone is 1. The van der Waals surface area contributed by atoms with Crippen molar-refractivity contribution in [2.45, 2.75) is 40.2 Å². The molecular formula is C16H27BF4N2. The lowest BCUT2D eigenvalue weighted by molar-refractivity contribution is -0.581. The quantitative estimate of drug-likeness (QED) is 0.323. The van der Waals surface area contributed by atoms with E-state index < -0.39 is 7.25 Å². The molecule has 2 nitrogen and oxygen atoms in total. The molecule has 7 heteroatoms. The van der Waals surface area contributed by atoms with Crippen molar-refractivity contribution >= 4 is 13.5 Å². The summed E-state index contributed by atoms with van der Waals surface area (Å²) in [7, 11) is -6.00. The Morgan fingerprint density at radius 2 is 1.91 bits per heavy atom. The first-order valence-electron chi connectivity index (χ1n) is 8.48. The number of hydrogen-bond donors (Lipinski definition) is 0. The summed E-state index contributed by atoms with van der Waals surface area (Å²) in [5.41, 5.74) is 2.07. The van der Waals surface area contributed by atoms with Gasteiger partial charge in [-0.05, 0) is 44.8 Å². The Labute approximate surface area is 136 Å². The van der Waals surface area contributed by atoms with Gasteiger partial charge in [0, 0.05) is 12.0 Å². The summed E-state index contributed by atoms with van der Waals surface area (Å²) in [5, 5.41) is 0. The highest BCUT2D eigenvalue weighted by Crippen LogP contribution is 2.51. The van der Waals surface area contributed by atoms with Crippen LogP contribution in [0.25, 0.3) is 0 Å². The maximum Gasteiger partial charge on any atom is 0.673 e. The van der Waals surface area contributed by atoms with Crippen molar-refractivity contribution in [1.82, 2.24) is 4.90 Å². The van der Waals surface area contributed by atoms with Gasteiger partial charge in [0.05, 0.1) is 5.92 Å². The predicted octanol–water partition coefficient (Wildman–Crippen LogP) is 3.70. The Balaban J connectivity index is 0.000000338. The second-order valence-corrected chi connectivity index (χ2v) is 7.13. The van der Waals surface area contributed by atoms with Gasteiger partial charge in [0.25, 0.3) is 0 Å². The number of likely N-dealkylation sites (tertiary alicyclic amines) is 1. The summed E-state index contributed by atoms with van der Waals surface area (Å²) in [6, 6.07) is 0.645. The molecule has 3 heterocycles. The lowest BCUT2D eigenvalue weighted by atomic mass is 9.56. The Morgan fingerprint density at radius 3 is 2.43 bits per heavy atom. The molecule has 0 amide bonds. The minimum absolute atomic E-state index is 0.461. The number of piperidine rings is 1.